The van der Waals surface area contributed by atoms with Crippen LogP contribution in [0.1, 0.15) is 33.1 Å². The maximum absolute atomic E-state index is 2.49. The van der Waals surface area contributed by atoms with Crippen molar-refractivity contribution in [2.75, 3.05) is 0 Å². The molecule has 3 rings (SSSR count). The molecule has 0 spiro atoms. The van der Waals surface area contributed by atoms with Gasteiger partial charge in [-0.3, -0.25) is 0 Å². The molecule has 4 atom stereocenters. The van der Waals surface area contributed by atoms with Gasteiger partial charge < -0.3 is 0 Å². The van der Waals surface area contributed by atoms with Gasteiger partial charge in [-0.1, -0.05) is 26.0 Å². The Hall–Kier alpha value is -0.260. The topological polar surface area (TPSA) is 0 Å². The van der Waals surface area contributed by atoms with Gasteiger partial charge in [0.25, 0.3) is 0 Å². The fourth-order valence-corrected chi connectivity index (χ4v) is 3.99. The molecule has 4 unspecified atom stereocenters. The standard InChI is InChI=1S/C12H18/c1-12(2)6-10-8-3-4-9(5-8)11(10)7-12/h3-4,8-11H,5-7H2,1-2H3. The van der Waals surface area contributed by atoms with Crippen LogP contribution in [0.4, 0.5) is 0 Å². The van der Waals surface area contributed by atoms with Crippen LogP contribution in [0, 0.1) is 29.1 Å². The highest BCUT2D eigenvalue weighted by Gasteiger charge is 2.51. The van der Waals surface area contributed by atoms with Crippen LogP contribution in [0.3, 0.4) is 0 Å². The van der Waals surface area contributed by atoms with Crippen molar-refractivity contribution in [1.29, 1.82) is 0 Å². The predicted octanol–water partition coefficient (Wildman–Crippen LogP) is 3.24. The van der Waals surface area contributed by atoms with E-state index in [4.69, 9.17) is 0 Å². The first kappa shape index (κ1) is 7.17. The number of hydrogen-bond acceptors (Lipinski definition) is 0. The van der Waals surface area contributed by atoms with Gasteiger partial charge >= 0.3 is 0 Å². The fourth-order valence-electron chi connectivity index (χ4n) is 3.99. The van der Waals surface area contributed by atoms with Crippen LogP contribution in [-0.2, 0) is 0 Å². The van der Waals surface area contributed by atoms with Crippen LogP contribution in [0.15, 0.2) is 12.2 Å². The van der Waals surface area contributed by atoms with E-state index in [1.54, 1.807) is 0 Å². The first-order valence-corrected chi connectivity index (χ1v) is 5.34. The van der Waals surface area contributed by atoms with Gasteiger partial charge in [0.1, 0.15) is 0 Å². The molecule has 2 saturated carbocycles. The molecule has 0 aromatic heterocycles. The lowest BCUT2D eigenvalue weighted by molar-refractivity contribution is 0.328. The smallest absolute Gasteiger partial charge is 0.0196 e. The second kappa shape index (κ2) is 1.97. The van der Waals surface area contributed by atoms with Gasteiger partial charge in [0.15, 0.2) is 0 Å². The van der Waals surface area contributed by atoms with Crippen molar-refractivity contribution >= 4 is 0 Å². The summed E-state index contributed by atoms with van der Waals surface area (Å²) in [7, 11) is 0. The summed E-state index contributed by atoms with van der Waals surface area (Å²) in [6, 6.07) is 0. The Morgan fingerprint density at radius 2 is 1.50 bits per heavy atom. The van der Waals surface area contributed by atoms with Crippen molar-refractivity contribution in [2.45, 2.75) is 33.1 Å². The van der Waals surface area contributed by atoms with Crippen molar-refractivity contribution in [1.82, 2.24) is 0 Å². The zero-order valence-corrected chi connectivity index (χ0v) is 8.09. The minimum atomic E-state index is 0.651. The summed E-state index contributed by atoms with van der Waals surface area (Å²) in [6.07, 6.45) is 9.46. The third kappa shape index (κ3) is 0.787. The Kier molecular flexibility index (Phi) is 1.18. The molecule has 0 saturated heterocycles. The lowest BCUT2D eigenvalue weighted by Crippen LogP contribution is -2.12. The van der Waals surface area contributed by atoms with Crippen LogP contribution < -0.4 is 0 Å². The number of hydrogen-bond donors (Lipinski definition) is 0. The van der Waals surface area contributed by atoms with E-state index < -0.39 is 0 Å². The monoisotopic (exact) mass is 162 g/mol. The zero-order valence-electron chi connectivity index (χ0n) is 8.09. The molecule has 0 nitrogen and oxygen atoms in total. The van der Waals surface area contributed by atoms with Gasteiger partial charge in [-0.05, 0) is 48.3 Å². The summed E-state index contributed by atoms with van der Waals surface area (Å²) in [5.74, 6) is 4.08. The number of rotatable bonds is 0. The average molecular weight is 162 g/mol. The lowest BCUT2D eigenvalue weighted by atomic mass is 9.86. The fraction of sp³-hybridized carbons (Fsp3) is 0.833. The van der Waals surface area contributed by atoms with E-state index in [-0.39, 0.29) is 0 Å². The van der Waals surface area contributed by atoms with Crippen LogP contribution in [0.2, 0.25) is 0 Å². The van der Waals surface area contributed by atoms with E-state index >= 15 is 0 Å². The Morgan fingerprint density at radius 3 is 2.00 bits per heavy atom. The highest BCUT2D eigenvalue weighted by molar-refractivity contribution is 5.16. The molecule has 2 fully saturated rings. The molecule has 3 aliphatic carbocycles. The Morgan fingerprint density at radius 1 is 1.00 bits per heavy atom. The molecule has 2 bridgehead atoms. The summed E-state index contributed by atoms with van der Waals surface area (Å²) in [5.41, 5.74) is 0.651. The van der Waals surface area contributed by atoms with Crippen molar-refractivity contribution in [3.8, 4) is 0 Å². The van der Waals surface area contributed by atoms with E-state index in [0.717, 1.165) is 23.7 Å². The number of fused-ring (bicyclic) bond motifs is 5. The van der Waals surface area contributed by atoms with E-state index in [1.165, 1.54) is 19.3 Å². The second-order valence-corrected chi connectivity index (χ2v) is 5.85. The van der Waals surface area contributed by atoms with Gasteiger partial charge in [0.05, 0.1) is 0 Å². The first-order chi connectivity index (χ1) is 5.66. The summed E-state index contributed by atoms with van der Waals surface area (Å²) < 4.78 is 0. The van der Waals surface area contributed by atoms with Crippen LogP contribution in [-0.4, -0.2) is 0 Å². The molecule has 0 heterocycles. The van der Waals surface area contributed by atoms with E-state index in [0.29, 0.717) is 5.41 Å². The van der Waals surface area contributed by atoms with Crippen LogP contribution in [0.5, 0.6) is 0 Å². The summed E-state index contributed by atoms with van der Waals surface area (Å²) in [4.78, 5) is 0. The highest BCUT2D eigenvalue weighted by Crippen LogP contribution is 2.60. The van der Waals surface area contributed by atoms with Gasteiger partial charge in [0.2, 0.25) is 0 Å². The second-order valence-electron chi connectivity index (χ2n) is 5.85. The number of allylic oxidation sites excluding steroid dienone is 2. The molecule has 0 amide bonds. The van der Waals surface area contributed by atoms with Crippen LogP contribution >= 0.6 is 0 Å². The SMILES string of the molecule is CC1(C)CC2C3C=CC(C3)C2C1. The molecule has 3 aliphatic rings. The lowest BCUT2D eigenvalue weighted by Gasteiger charge is -2.19. The molecule has 66 valence electrons. The van der Waals surface area contributed by atoms with E-state index in [1.807, 2.05) is 0 Å². The summed E-state index contributed by atoms with van der Waals surface area (Å²) >= 11 is 0. The maximum Gasteiger partial charge on any atom is -0.0196 e. The minimum Gasteiger partial charge on any atom is -0.0848 e. The average Bonchev–Trinajstić information content (AvgIpc) is 2.54. The molecule has 0 N–H and O–H groups in total. The minimum absolute atomic E-state index is 0.651. The summed E-state index contributed by atoms with van der Waals surface area (Å²) in [6.45, 7) is 4.90. The molecule has 0 aromatic carbocycles. The van der Waals surface area contributed by atoms with Gasteiger partial charge in [-0.2, -0.15) is 0 Å². The molecular formula is C12H18. The Balaban J connectivity index is 1.91. The molecular weight excluding hydrogens is 144 g/mol. The van der Waals surface area contributed by atoms with Crippen molar-refractivity contribution in [3.05, 3.63) is 12.2 Å². The third-order valence-corrected chi connectivity index (χ3v) is 4.38. The molecule has 0 aliphatic heterocycles. The zero-order chi connectivity index (χ0) is 8.34. The van der Waals surface area contributed by atoms with Crippen molar-refractivity contribution < 1.29 is 0 Å². The van der Waals surface area contributed by atoms with E-state index in [2.05, 4.69) is 26.0 Å². The van der Waals surface area contributed by atoms with Crippen molar-refractivity contribution in [3.63, 3.8) is 0 Å². The largest absolute Gasteiger partial charge is 0.0848 e. The normalized spacial score (nSPS) is 53.2. The predicted molar refractivity (Wildman–Crippen MR) is 50.7 cm³/mol. The van der Waals surface area contributed by atoms with E-state index in [9.17, 15) is 0 Å². The Bertz CT molecular complexity index is 214. The summed E-state index contributed by atoms with van der Waals surface area (Å²) in [5, 5.41) is 0. The maximum atomic E-state index is 2.49. The van der Waals surface area contributed by atoms with Crippen LogP contribution in [0.25, 0.3) is 0 Å². The Labute approximate surface area is 75.0 Å². The molecule has 0 radical (unpaired) electrons. The van der Waals surface area contributed by atoms with Gasteiger partial charge in [0, 0.05) is 0 Å². The molecule has 0 heteroatoms. The highest BCUT2D eigenvalue weighted by atomic mass is 14.6. The third-order valence-electron chi connectivity index (χ3n) is 4.38. The van der Waals surface area contributed by atoms with Crippen molar-refractivity contribution in [2.24, 2.45) is 29.1 Å². The molecule has 0 aromatic rings. The first-order valence-electron chi connectivity index (χ1n) is 5.34. The van der Waals surface area contributed by atoms with Gasteiger partial charge in [-0.15, -0.1) is 0 Å². The van der Waals surface area contributed by atoms with Gasteiger partial charge in [-0.25, -0.2) is 0 Å². The quantitative estimate of drug-likeness (QED) is 0.480. The molecule has 12 heavy (non-hydrogen) atoms.